The van der Waals surface area contributed by atoms with Crippen LogP contribution in [0.5, 0.6) is 0 Å². The summed E-state index contributed by atoms with van der Waals surface area (Å²) in [5.74, 6) is 1.15. The Hall–Kier alpha value is -0.170. The Balaban J connectivity index is 2.39. The summed E-state index contributed by atoms with van der Waals surface area (Å²) in [7, 11) is -3.17. The number of rotatable bonds is 9. The molecule has 1 aliphatic rings. The molecule has 126 valence electrons. The van der Waals surface area contributed by atoms with Crippen LogP contribution in [-0.4, -0.2) is 57.4 Å². The Labute approximate surface area is 130 Å². The fourth-order valence-electron chi connectivity index (χ4n) is 2.54. The molecule has 1 N–H and O–H groups in total. The normalized spacial score (nSPS) is 21.3. The van der Waals surface area contributed by atoms with Crippen LogP contribution in [0.3, 0.4) is 0 Å². The largest absolute Gasteiger partial charge is 0.378 e. The molecule has 0 spiro atoms. The second-order valence-corrected chi connectivity index (χ2v) is 8.74. The van der Waals surface area contributed by atoms with Gasteiger partial charge in [-0.05, 0) is 51.6 Å². The zero-order chi connectivity index (χ0) is 15.9. The first kappa shape index (κ1) is 18.9. The molecule has 1 fully saturated rings. The number of hydrogen-bond acceptors (Lipinski definition) is 4. The number of hydrogen-bond donors (Lipinski definition) is 1. The van der Waals surface area contributed by atoms with E-state index >= 15 is 0 Å². The maximum atomic E-state index is 12.3. The van der Waals surface area contributed by atoms with E-state index in [4.69, 9.17) is 4.74 Å². The molecule has 0 aromatic rings. The standard InChI is InChI=1S/C15H32N2O3S/c1-13(2)10-16-11-15-6-5-7-17(12-15)21(18,19)9-8-20-14(3)4/h13-16H,5-12H2,1-4H3. The minimum Gasteiger partial charge on any atom is -0.378 e. The van der Waals surface area contributed by atoms with Gasteiger partial charge in [-0.3, -0.25) is 0 Å². The SMILES string of the molecule is CC(C)CNCC1CCCN(S(=O)(=O)CCOC(C)C)C1. The van der Waals surface area contributed by atoms with Crippen LogP contribution in [0, 0.1) is 11.8 Å². The highest BCUT2D eigenvalue weighted by atomic mass is 32.2. The lowest BCUT2D eigenvalue weighted by Gasteiger charge is -2.32. The molecular formula is C15H32N2O3S. The fourth-order valence-corrected chi connectivity index (χ4v) is 3.95. The molecule has 5 nitrogen and oxygen atoms in total. The van der Waals surface area contributed by atoms with E-state index in [1.54, 1.807) is 4.31 Å². The summed E-state index contributed by atoms with van der Waals surface area (Å²) in [5.41, 5.74) is 0. The van der Waals surface area contributed by atoms with Gasteiger partial charge in [0.05, 0.1) is 18.5 Å². The Kier molecular flexibility index (Phi) is 8.16. The van der Waals surface area contributed by atoms with E-state index in [2.05, 4.69) is 19.2 Å². The molecule has 1 unspecified atom stereocenters. The van der Waals surface area contributed by atoms with Gasteiger partial charge in [0.1, 0.15) is 0 Å². The van der Waals surface area contributed by atoms with E-state index in [1.807, 2.05) is 13.8 Å². The number of sulfonamides is 1. The van der Waals surface area contributed by atoms with Crippen molar-refractivity contribution >= 4 is 10.0 Å². The molecule has 1 atom stereocenters. The molecule has 6 heteroatoms. The van der Waals surface area contributed by atoms with Crippen LogP contribution in [-0.2, 0) is 14.8 Å². The second-order valence-electron chi connectivity index (χ2n) is 6.65. The zero-order valence-electron chi connectivity index (χ0n) is 14.0. The predicted octanol–water partition coefficient (Wildman–Crippen LogP) is 1.70. The van der Waals surface area contributed by atoms with E-state index < -0.39 is 10.0 Å². The lowest BCUT2D eigenvalue weighted by atomic mass is 9.99. The van der Waals surface area contributed by atoms with Crippen LogP contribution in [0.15, 0.2) is 0 Å². The minimum absolute atomic E-state index is 0.0783. The van der Waals surface area contributed by atoms with Crippen molar-refractivity contribution in [2.75, 3.05) is 38.5 Å². The van der Waals surface area contributed by atoms with Gasteiger partial charge >= 0.3 is 0 Å². The Morgan fingerprint density at radius 1 is 1.29 bits per heavy atom. The van der Waals surface area contributed by atoms with Crippen LogP contribution in [0.1, 0.15) is 40.5 Å². The summed E-state index contributed by atoms with van der Waals surface area (Å²) in [5, 5.41) is 3.44. The number of nitrogens with zero attached hydrogens (tertiary/aromatic N) is 1. The molecule has 0 radical (unpaired) electrons. The molecule has 0 saturated carbocycles. The second kappa shape index (κ2) is 9.08. The highest BCUT2D eigenvalue weighted by molar-refractivity contribution is 7.89. The third kappa shape index (κ3) is 7.58. The third-order valence-corrected chi connectivity index (χ3v) is 5.45. The quantitative estimate of drug-likeness (QED) is 0.702. The van der Waals surface area contributed by atoms with Crippen LogP contribution in [0.4, 0.5) is 0 Å². The van der Waals surface area contributed by atoms with Crippen molar-refractivity contribution in [1.82, 2.24) is 9.62 Å². The summed E-state index contributed by atoms with van der Waals surface area (Å²) in [6.07, 6.45) is 2.15. The van der Waals surface area contributed by atoms with Crippen LogP contribution < -0.4 is 5.32 Å². The molecule has 1 aliphatic heterocycles. The summed E-state index contributed by atoms with van der Waals surface area (Å²) in [6, 6.07) is 0. The first-order chi connectivity index (χ1) is 9.81. The van der Waals surface area contributed by atoms with Crippen molar-refractivity contribution in [2.45, 2.75) is 46.6 Å². The van der Waals surface area contributed by atoms with E-state index in [9.17, 15) is 8.42 Å². The molecule has 0 bridgehead atoms. The van der Waals surface area contributed by atoms with Crippen molar-refractivity contribution in [2.24, 2.45) is 11.8 Å². The first-order valence-electron chi connectivity index (χ1n) is 8.11. The van der Waals surface area contributed by atoms with E-state index in [0.29, 0.717) is 24.9 Å². The van der Waals surface area contributed by atoms with E-state index in [-0.39, 0.29) is 18.5 Å². The maximum Gasteiger partial charge on any atom is 0.216 e. The van der Waals surface area contributed by atoms with E-state index in [1.165, 1.54) is 0 Å². The van der Waals surface area contributed by atoms with Crippen molar-refractivity contribution in [3.63, 3.8) is 0 Å². The third-order valence-electron chi connectivity index (χ3n) is 3.65. The highest BCUT2D eigenvalue weighted by Crippen LogP contribution is 2.19. The van der Waals surface area contributed by atoms with Gasteiger partial charge in [0.2, 0.25) is 10.0 Å². The molecular weight excluding hydrogens is 288 g/mol. The molecule has 1 rings (SSSR count). The highest BCUT2D eigenvalue weighted by Gasteiger charge is 2.28. The molecule has 1 saturated heterocycles. The smallest absolute Gasteiger partial charge is 0.216 e. The van der Waals surface area contributed by atoms with Crippen molar-refractivity contribution in [3.8, 4) is 0 Å². The van der Waals surface area contributed by atoms with Crippen molar-refractivity contribution in [3.05, 3.63) is 0 Å². The molecule has 0 aromatic carbocycles. The van der Waals surface area contributed by atoms with E-state index in [0.717, 1.165) is 25.9 Å². The minimum atomic E-state index is -3.17. The molecule has 0 aromatic heterocycles. The van der Waals surface area contributed by atoms with Gasteiger partial charge in [0, 0.05) is 13.1 Å². The molecule has 21 heavy (non-hydrogen) atoms. The number of ether oxygens (including phenoxy) is 1. The summed E-state index contributed by atoms with van der Waals surface area (Å²) in [6.45, 7) is 11.7. The summed E-state index contributed by atoms with van der Waals surface area (Å²) < 4.78 is 31.7. The van der Waals surface area contributed by atoms with Crippen molar-refractivity contribution in [1.29, 1.82) is 0 Å². The average molecular weight is 320 g/mol. The van der Waals surface area contributed by atoms with Crippen LogP contribution in [0.25, 0.3) is 0 Å². The lowest BCUT2D eigenvalue weighted by Crippen LogP contribution is -2.44. The lowest BCUT2D eigenvalue weighted by molar-refractivity contribution is 0.0904. The monoisotopic (exact) mass is 320 g/mol. The van der Waals surface area contributed by atoms with Crippen LogP contribution >= 0.6 is 0 Å². The van der Waals surface area contributed by atoms with Crippen molar-refractivity contribution < 1.29 is 13.2 Å². The average Bonchev–Trinajstić information content (AvgIpc) is 2.38. The van der Waals surface area contributed by atoms with Gasteiger partial charge < -0.3 is 10.1 Å². The fraction of sp³-hybridized carbons (Fsp3) is 1.00. The molecule has 0 aliphatic carbocycles. The Morgan fingerprint density at radius 3 is 2.62 bits per heavy atom. The topological polar surface area (TPSA) is 58.6 Å². The van der Waals surface area contributed by atoms with Gasteiger partial charge in [0.15, 0.2) is 0 Å². The summed E-state index contributed by atoms with van der Waals surface area (Å²) in [4.78, 5) is 0. The number of nitrogens with one attached hydrogen (secondary N) is 1. The molecule has 0 amide bonds. The maximum absolute atomic E-state index is 12.3. The molecule has 1 heterocycles. The summed E-state index contributed by atoms with van der Waals surface area (Å²) >= 11 is 0. The van der Waals surface area contributed by atoms with Gasteiger partial charge in [-0.1, -0.05) is 13.8 Å². The Morgan fingerprint density at radius 2 is 2.00 bits per heavy atom. The predicted molar refractivity (Wildman–Crippen MR) is 86.9 cm³/mol. The Bertz CT molecular complexity index is 382. The van der Waals surface area contributed by atoms with Gasteiger partial charge in [-0.2, -0.15) is 0 Å². The van der Waals surface area contributed by atoms with Gasteiger partial charge in [0.25, 0.3) is 0 Å². The van der Waals surface area contributed by atoms with Gasteiger partial charge in [-0.25, -0.2) is 12.7 Å². The van der Waals surface area contributed by atoms with Gasteiger partial charge in [-0.15, -0.1) is 0 Å². The zero-order valence-corrected chi connectivity index (χ0v) is 14.8. The first-order valence-corrected chi connectivity index (χ1v) is 9.72. The van der Waals surface area contributed by atoms with Crippen LogP contribution in [0.2, 0.25) is 0 Å². The number of piperidine rings is 1.